The summed E-state index contributed by atoms with van der Waals surface area (Å²) < 4.78 is 0. The van der Waals surface area contributed by atoms with Gasteiger partial charge in [-0.1, -0.05) is 20.8 Å². The summed E-state index contributed by atoms with van der Waals surface area (Å²) >= 11 is 0. The molecule has 2 N–H and O–H groups in total. The van der Waals surface area contributed by atoms with Crippen molar-refractivity contribution in [1.29, 1.82) is 0 Å². The molecule has 2 fully saturated rings. The van der Waals surface area contributed by atoms with Crippen molar-refractivity contribution in [3.63, 3.8) is 0 Å². The molecule has 1 saturated heterocycles. The van der Waals surface area contributed by atoms with Crippen LogP contribution in [0.1, 0.15) is 40.0 Å². The number of aliphatic hydroxyl groups excluding tert-OH is 1. The Hall–Kier alpha value is -0.770. The first-order chi connectivity index (χ1) is 7.82. The Morgan fingerprint density at radius 1 is 1.47 bits per heavy atom. The van der Waals surface area contributed by atoms with E-state index in [9.17, 15) is 9.90 Å². The quantitative estimate of drug-likeness (QED) is 0.779. The highest BCUT2D eigenvalue weighted by Gasteiger charge is 2.64. The van der Waals surface area contributed by atoms with Crippen LogP contribution in [0.15, 0.2) is 0 Å². The Labute approximate surface area is 103 Å². The zero-order valence-electron chi connectivity index (χ0n) is 10.9. The van der Waals surface area contributed by atoms with E-state index in [1.54, 1.807) is 4.90 Å². The van der Waals surface area contributed by atoms with Crippen molar-refractivity contribution in [2.45, 2.75) is 46.1 Å². The molecule has 3 atom stereocenters. The molecular formula is C13H23NO3. The molecule has 0 spiro atoms. The first-order valence-electron chi connectivity index (χ1n) is 6.42. The summed E-state index contributed by atoms with van der Waals surface area (Å²) in [5.41, 5.74) is 0.340. The second-order valence-electron chi connectivity index (χ2n) is 6.62. The molecule has 4 heteroatoms. The van der Waals surface area contributed by atoms with Crippen LogP contribution in [0.4, 0.5) is 4.79 Å². The zero-order valence-corrected chi connectivity index (χ0v) is 10.9. The Morgan fingerprint density at radius 3 is 2.59 bits per heavy atom. The molecule has 0 radical (unpaired) electrons. The minimum Gasteiger partial charge on any atom is -0.465 e. The number of carbonyl (C=O) groups is 1. The van der Waals surface area contributed by atoms with Gasteiger partial charge in [-0.15, -0.1) is 0 Å². The third kappa shape index (κ3) is 1.92. The zero-order chi connectivity index (χ0) is 12.8. The maximum Gasteiger partial charge on any atom is 0.407 e. The van der Waals surface area contributed by atoms with Gasteiger partial charge in [0.25, 0.3) is 0 Å². The van der Waals surface area contributed by atoms with Crippen molar-refractivity contribution in [3.8, 4) is 0 Å². The molecule has 1 heterocycles. The molecule has 2 aliphatic rings. The summed E-state index contributed by atoms with van der Waals surface area (Å²) in [6.45, 7) is 7.34. The molecule has 1 amide bonds. The van der Waals surface area contributed by atoms with Crippen LogP contribution >= 0.6 is 0 Å². The number of nitrogens with zero attached hydrogens (tertiary/aromatic N) is 1. The maximum atomic E-state index is 11.3. The van der Waals surface area contributed by atoms with Crippen LogP contribution < -0.4 is 0 Å². The van der Waals surface area contributed by atoms with Gasteiger partial charge >= 0.3 is 6.09 Å². The fourth-order valence-electron chi connectivity index (χ4n) is 3.57. The number of piperidine rings is 1. The summed E-state index contributed by atoms with van der Waals surface area (Å²) in [4.78, 5) is 12.9. The molecule has 1 aliphatic heterocycles. The first-order valence-corrected chi connectivity index (χ1v) is 6.42. The van der Waals surface area contributed by atoms with Gasteiger partial charge in [-0.25, -0.2) is 4.79 Å². The molecule has 1 saturated carbocycles. The summed E-state index contributed by atoms with van der Waals surface area (Å²) in [7, 11) is 0. The number of fused-ring (bicyclic) bond motifs is 1. The molecule has 0 unspecified atom stereocenters. The van der Waals surface area contributed by atoms with Gasteiger partial charge in [0.2, 0.25) is 0 Å². The van der Waals surface area contributed by atoms with E-state index in [0.29, 0.717) is 18.9 Å². The van der Waals surface area contributed by atoms with Gasteiger partial charge in [0, 0.05) is 19.2 Å². The lowest BCUT2D eigenvalue weighted by Crippen LogP contribution is -2.50. The lowest BCUT2D eigenvalue weighted by atomic mass is 9.73. The Morgan fingerprint density at radius 2 is 2.12 bits per heavy atom. The SMILES string of the molecule is CC(C)(C)[C@]12C[C@H]1C[C@@H](CCO)N(C(=O)O)C2. The number of hydrogen-bond donors (Lipinski definition) is 2. The molecule has 98 valence electrons. The third-order valence-corrected chi connectivity index (χ3v) is 4.88. The number of carboxylic acid groups (broad SMARTS) is 1. The average Bonchev–Trinajstić information content (AvgIpc) is 2.90. The highest BCUT2D eigenvalue weighted by molar-refractivity contribution is 5.66. The molecule has 1 aliphatic carbocycles. The second-order valence-corrected chi connectivity index (χ2v) is 6.62. The van der Waals surface area contributed by atoms with Gasteiger partial charge in [-0.3, -0.25) is 0 Å². The van der Waals surface area contributed by atoms with E-state index < -0.39 is 6.09 Å². The molecular weight excluding hydrogens is 218 g/mol. The molecule has 2 rings (SSSR count). The molecule has 4 nitrogen and oxygen atoms in total. The lowest BCUT2D eigenvalue weighted by Gasteiger charge is -2.43. The average molecular weight is 241 g/mol. The summed E-state index contributed by atoms with van der Waals surface area (Å²) in [5, 5.41) is 18.3. The number of aliphatic hydroxyl groups is 1. The van der Waals surface area contributed by atoms with Crippen LogP contribution in [0, 0.1) is 16.7 Å². The van der Waals surface area contributed by atoms with Crippen LogP contribution in [0.5, 0.6) is 0 Å². The number of likely N-dealkylation sites (tertiary alicyclic amines) is 1. The van der Waals surface area contributed by atoms with Crippen LogP contribution in [-0.2, 0) is 0 Å². The van der Waals surface area contributed by atoms with Crippen molar-refractivity contribution < 1.29 is 15.0 Å². The summed E-state index contributed by atoms with van der Waals surface area (Å²) in [6, 6.07) is 0.0143. The van der Waals surface area contributed by atoms with Crippen LogP contribution in [0.3, 0.4) is 0 Å². The van der Waals surface area contributed by atoms with Crippen LogP contribution in [0.25, 0.3) is 0 Å². The lowest BCUT2D eigenvalue weighted by molar-refractivity contribution is 0.0353. The molecule has 0 bridgehead atoms. The topological polar surface area (TPSA) is 60.8 Å². The summed E-state index contributed by atoms with van der Waals surface area (Å²) in [6.07, 6.45) is 1.80. The van der Waals surface area contributed by atoms with Crippen molar-refractivity contribution in [2.75, 3.05) is 13.2 Å². The van der Waals surface area contributed by atoms with E-state index in [1.165, 1.54) is 0 Å². The van der Waals surface area contributed by atoms with Gasteiger partial charge in [-0.05, 0) is 36.0 Å². The van der Waals surface area contributed by atoms with E-state index in [4.69, 9.17) is 5.11 Å². The van der Waals surface area contributed by atoms with Crippen LogP contribution in [-0.4, -0.2) is 40.4 Å². The smallest absolute Gasteiger partial charge is 0.407 e. The van der Waals surface area contributed by atoms with E-state index in [2.05, 4.69) is 20.8 Å². The molecule has 17 heavy (non-hydrogen) atoms. The first kappa shape index (κ1) is 12.7. The third-order valence-electron chi connectivity index (χ3n) is 4.88. The Bertz CT molecular complexity index is 323. The molecule has 0 aromatic rings. The highest BCUT2D eigenvalue weighted by Crippen LogP contribution is 2.67. The summed E-state index contributed by atoms with van der Waals surface area (Å²) in [5.74, 6) is 0.648. The number of rotatable bonds is 2. The molecule has 0 aromatic heterocycles. The maximum absolute atomic E-state index is 11.3. The number of amides is 1. The highest BCUT2D eigenvalue weighted by atomic mass is 16.4. The second kappa shape index (κ2) is 3.87. The van der Waals surface area contributed by atoms with Gasteiger partial charge in [-0.2, -0.15) is 0 Å². The Kier molecular flexibility index (Phi) is 2.89. The predicted molar refractivity (Wildman–Crippen MR) is 64.8 cm³/mol. The Balaban J connectivity index is 2.16. The minimum absolute atomic E-state index is 0.0143. The fraction of sp³-hybridized carbons (Fsp3) is 0.923. The number of hydrogen-bond acceptors (Lipinski definition) is 2. The van der Waals surface area contributed by atoms with E-state index in [1.807, 2.05) is 0 Å². The van der Waals surface area contributed by atoms with Crippen molar-refractivity contribution >= 4 is 6.09 Å². The van der Waals surface area contributed by atoms with Crippen molar-refractivity contribution in [2.24, 2.45) is 16.7 Å². The fourth-order valence-corrected chi connectivity index (χ4v) is 3.57. The molecule has 0 aromatic carbocycles. The van der Waals surface area contributed by atoms with Gasteiger partial charge in [0.05, 0.1) is 0 Å². The van der Waals surface area contributed by atoms with Crippen molar-refractivity contribution in [3.05, 3.63) is 0 Å². The van der Waals surface area contributed by atoms with Crippen molar-refractivity contribution in [1.82, 2.24) is 4.90 Å². The predicted octanol–water partition coefficient (Wildman–Crippen LogP) is 2.17. The monoisotopic (exact) mass is 241 g/mol. The van der Waals surface area contributed by atoms with E-state index in [0.717, 1.165) is 12.8 Å². The van der Waals surface area contributed by atoms with E-state index >= 15 is 0 Å². The van der Waals surface area contributed by atoms with Gasteiger partial charge in [0.15, 0.2) is 0 Å². The minimum atomic E-state index is -0.836. The normalized spacial score (nSPS) is 36.6. The van der Waals surface area contributed by atoms with Crippen LogP contribution in [0.2, 0.25) is 0 Å². The standard InChI is InChI=1S/C13H23NO3/c1-12(2,3)13-7-9(13)6-10(4-5-15)14(8-13)11(16)17/h9-10,15H,4-8H2,1-3H3,(H,16,17)/t9-,10-,13+/m1/s1. The van der Waals surface area contributed by atoms with Gasteiger partial charge in [0.1, 0.15) is 0 Å². The van der Waals surface area contributed by atoms with Gasteiger partial charge < -0.3 is 15.1 Å². The largest absolute Gasteiger partial charge is 0.465 e. The van der Waals surface area contributed by atoms with E-state index in [-0.39, 0.29) is 23.5 Å².